The minimum absolute atomic E-state index is 0. The van der Waals surface area contributed by atoms with Crippen molar-refractivity contribution in [2.24, 2.45) is 12.0 Å². The van der Waals surface area contributed by atoms with Crippen LogP contribution in [0.4, 0.5) is 0 Å². The minimum Gasteiger partial charge on any atom is -0.492 e. The van der Waals surface area contributed by atoms with Crippen LogP contribution >= 0.6 is 24.0 Å². The Balaban J connectivity index is 0.00000385. The highest BCUT2D eigenvalue weighted by atomic mass is 127. The molecule has 1 saturated heterocycles. The fraction of sp³-hybridized carbons (Fsp3) is 0.609. The molecule has 0 aliphatic carbocycles. The Morgan fingerprint density at radius 1 is 1.18 bits per heavy atom. The van der Waals surface area contributed by atoms with Gasteiger partial charge in [0.1, 0.15) is 24.7 Å². The van der Waals surface area contributed by atoms with E-state index < -0.39 is 0 Å². The van der Waals surface area contributed by atoms with Crippen molar-refractivity contribution in [1.82, 2.24) is 29.9 Å². The number of aliphatic imine (C=N–C) groups is 1. The Kier molecular flexibility index (Phi) is 11.9. The van der Waals surface area contributed by atoms with Gasteiger partial charge < -0.3 is 24.3 Å². The van der Waals surface area contributed by atoms with Crippen molar-refractivity contribution >= 4 is 29.9 Å². The Hall–Kier alpha value is -1.92. The topological polar surface area (TPSA) is 80.0 Å². The number of benzene rings is 1. The zero-order valence-corrected chi connectivity index (χ0v) is 22.6. The molecule has 0 atom stereocenters. The number of likely N-dealkylation sites (N-methyl/N-ethyl adjacent to an activating group) is 1. The van der Waals surface area contributed by atoms with Crippen molar-refractivity contribution in [3.63, 3.8) is 0 Å². The quantitative estimate of drug-likeness (QED) is 0.203. The maximum absolute atomic E-state index is 5.90. The van der Waals surface area contributed by atoms with Gasteiger partial charge in [0, 0.05) is 33.7 Å². The standard InChI is InChI=1S/C23H37N7O2.HI/c1-19-6-8-21(9-7-19)32-17-12-28(3)23(25-18-22-27-26-20(2)29(22)4)24-10-5-11-30-13-15-31-16-14-30;/h6-9H,5,10-18H2,1-4H3,(H,24,25);1H. The number of nitrogens with one attached hydrogen (secondary N) is 1. The molecule has 0 unspecified atom stereocenters. The van der Waals surface area contributed by atoms with Crippen LogP contribution in [0, 0.1) is 13.8 Å². The second-order valence-corrected chi connectivity index (χ2v) is 8.18. The number of aromatic nitrogens is 3. The zero-order chi connectivity index (χ0) is 22.8. The smallest absolute Gasteiger partial charge is 0.194 e. The number of aryl methyl sites for hydroxylation is 2. The van der Waals surface area contributed by atoms with Gasteiger partial charge in [-0.25, -0.2) is 4.99 Å². The summed E-state index contributed by atoms with van der Waals surface area (Å²) in [6.07, 6.45) is 1.05. The van der Waals surface area contributed by atoms with E-state index in [1.54, 1.807) is 0 Å². The number of guanidine groups is 1. The normalized spacial score (nSPS) is 14.6. The first-order valence-electron chi connectivity index (χ1n) is 11.4. The first-order chi connectivity index (χ1) is 15.5. The van der Waals surface area contributed by atoms with Crippen molar-refractivity contribution in [2.45, 2.75) is 26.8 Å². The second-order valence-electron chi connectivity index (χ2n) is 8.18. The van der Waals surface area contributed by atoms with E-state index in [1.807, 2.05) is 37.7 Å². The maximum Gasteiger partial charge on any atom is 0.194 e. The molecule has 1 fully saturated rings. The molecule has 184 valence electrons. The van der Waals surface area contributed by atoms with Gasteiger partial charge in [-0.1, -0.05) is 17.7 Å². The van der Waals surface area contributed by atoms with Crippen LogP contribution in [-0.4, -0.2) is 90.1 Å². The first kappa shape index (κ1) is 27.3. The molecule has 33 heavy (non-hydrogen) atoms. The van der Waals surface area contributed by atoms with Crippen LogP contribution in [0.25, 0.3) is 0 Å². The molecule has 1 aliphatic heterocycles. The molecule has 10 heteroatoms. The van der Waals surface area contributed by atoms with E-state index in [-0.39, 0.29) is 24.0 Å². The lowest BCUT2D eigenvalue weighted by Gasteiger charge is -2.27. The average Bonchev–Trinajstić information content (AvgIpc) is 3.12. The predicted octanol–water partition coefficient (Wildman–Crippen LogP) is 2.23. The molecule has 9 nitrogen and oxygen atoms in total. The lowest BCUT2D eigenvalue weighted by atomic mass is 10.2. The molecule has 1 aromatic carbocycles. The van der Waals surface area contributed by atoms with Crippen molar-refractivity contribution in [3.8, 4) is 5.75 Å². The highest BCUT2D eigenvalue weighted by Crippen LogP contribution is 2.11. The summed E-state index contributed by atoms with van der Waals surface area (Å²) < 4.78 is 13.3. The third-order valence-electron chi connectivity index (χ3n) is 5.67. The van der Waals surface area contributed by atoms with Crippen LogP contribution in [0.2, 0.25) is 0 Å². The Morgan fingerprint density at radius 2 is 1.91 bits per heavy atom. The summed E-state index contributed by atoms with van der Waals surface area (Å²) in [5.41, 5.74) is 1.23. The van der Waals surface area contributed by atoms with Gasteiger partial charge in [-0.2, -0.15) is 0 Å². The molecule has 0 saturated carbocycles. The summed E-state index contributed by atoms with van der Waals surface area (Å²) in [7, 11) is 4.00. The number of morpholine rings is 1. The third kappa shape index (κ3) is 9.09. The Morgan fingerprint density at radius 3 is 2.58 bits per heavy atom. The van der Waals surface area contributed by atoms with Gasteiger partial charge in [-0.05, 0) is 38.9 Å². The van der Waals surface area contributed by atoms with Gasteiger partial charge in [-0.15, -0.1) is 34.2 Å². The summed E-state index contributed by atoms with van der Waals surface area (Å²) in [6, 6.07) is 8.13. The molecule has 2 heterocycles. The molecule has 1 aliphatic rings. The number of hydrogen-bond donors (Lipinski definition) is 1. The van der Waals surface area contributed by atoms with Gasteiger partial charge in [0.15, 0.2) is 11.8 Å². The third-order valence-corrected chi connectivity index (χ3v) is 5.67. The number of halogens is 1. The van der Waals surface area contributed by atoms with Crippen molar-refractivity contribution in [2.75, 3.05) is 59.6 Å². The van der Waals surface area contributed by atoms with E-state index in [0.717, 1.165) is 75.7 Å². The van der Waals surface area contributed by atoms with E-state index in [0.29, 0.717) is 13.2 Å². The van der Waals surface area contributed by atoms with E-state index in [9.17, 15) is 0 Å². The Labute approximate surface area is 214 Å². The molecule has 0 spiro atoms. The van der Waals surface area contributed by atoms with Crippen molar-refractivity contribution < 1.29 is 9.47 Å². The van der Waals surface area contributed by atoms with Gasteiger partial charge in [0.25, 0.3) is 0 Å². The van der Waals surface area contributed by atoms with Gasteiger partial charge in [0.05, 0.1) is 19.8 Å². The van der Waals surface area contributed by atoms with Gasteiger partial charge in [0.2, 0.25) is 0 Å². The van der Waals surface area contributed by atoms with Crippen molar-refractivity contribution in [1.29, 1.82) is 0 Å². The fourth-order valence-corrected chi connectivity index (χ4v) is 3.41. The fourth-order valence-electron chi connectivity index (χ4n) is 3.41. The molecule has 2 aromatic rings. The van der Waals surface area contributed by atoms with Crippen LogP contribution in [0.3, 0.4) is 0 Å². The lowest BCUT2D eigenvalue weighted by molar-refractivity contribution is 0.0375. The zero-order valence-electron chi connectivity index (χ0n) is 20.3. The van der Waals surface area contributed by atoms with E-state index in [2.05, 4.69) is 44.4 Å². The molecular formula is C23H38IN7O2. The largest absolute Gasteiger partial charge is 0.492 e. The second kappa shape index (κ2) is 14.4. The molecule has 1 N–H and O–H groups in total. The summed E-state index contributed by atoms with van der Waals surface area (Å²) in [6.45, 7) is 11.4. The van der Waals surface area contributed by atoms with Crippen molar-refractivity contribution in [3.05, 3.63) is 41.5 Å². The molecular weight excluding hydrogens is 533 g/mol. The van der Waals surface area contributed by atoms with Crippen LogP contribution < -0.4 is 10.1 Å². The van der Waals surface area contributed by atoms with E-state index in [1.165, 1.54) is 5.56 Å². The lowest BCUT2D eigenvalue weighted by Crippen LogP contribution is -2.42. The van der Waals surface area contributed by atoms with Gasteiger partial charge >= 0.3 is 0 Å². The number of nitrogens with zero attached hydrogens (tertiary/aromatic N) is 6. The number of hydrogen-bond acceptors (Lipinski definition) is 6. The molecule has 3 rings (SSSR count). The van der Waals surface area contributed by atoms with Crippen LogP contribution in [0.15, 0.2) is 29.3 Å². The number of ether oxygens (including phenoxy) is 2. The predicted molar refractivity (Wildman–Crippen MR) is 141 cm³/mol. The highest BCUT2D eigenvalue weighted by Gasteiger charge is 2.12. The molecule has 0 radical (unpaired) electrons. The highest BCUT2D eigenvalue weighted by molar-refractivity contribution is 14.0. The Bertz CT molecular complexity index is 851. The summed E-state index contributed by atoms with van der Waals surface area (Å²) in [5.74, 6) is 3.46. The maximum atomic E-state index is 5.90. The monoisotopic (exact) mass is 571 g/mol. The summed E-state index contributed by atoms with van der Waals surface area (Å²) >= 11 is 0. The summed E-state index contributed by atoms with van der Waals surface area (Å²) in [5, 5.41) is 11.9. The molecule has 1 aromatic heterocycles. The minimum atomic E-state index is 0. The first-order valence-corrected chi connectivity index (χ1v) is 11.4. The summed E-state index contributed by atoms with van der Waals surface area (Å²) in [4.78, 5) is 9.36. The number of rotatable bonds is 10. The van der Waals surface area contributed by atoms with Crippen LogP contribution in [0.1, 0.15) is 23.6 Å². The SMILES string of the molecule is Cc1ccc(OCCN(C)C(=NCc2nnc(C)n2C)NCCCN2CCOCC2)cc1.I. The molecule has 0 amide bonds. The van der Waals surface area contributed by atoms with Crippen LogP contribution in [-0.2, 0) is 18.3 Å². The average molecular weight is 572 g/mol. The van der Waals surface area contributed by atoms with Crippen LogP contribution in [0.5, 0.6) is 5.75 Å². The van der Waals surface area contributed by atoms with E-state index >= 15 is 0 Å². The molecule has 0 bridgehead atoms. The van der Waals surface area contributed by atoms with Gasteiger partial charge in [-0.3, -0.25) is 4.90 Å². The van der Waals surface area contributed by atoms with E-state index in [4.69, 9.17) is 14.5 Å².